The van der Waals surface area contributed by atoms with Crippen molar-refractivity contribution in [3.8, 4) is 0 Å². The van der Waals surface area contributed by atoms with E-state index >= 15 is 0 Å². The number of nitrogens with zero attached hydrogens (tertiary/aromatic N) is 1. The average molecular weight is 218 g/mol. The number of amides is 1. The molecule has 2 rings (SSSR count). The highest BCUT2D eigenvalue weighted by Gasteiger charge is 2.05. The summed E-state index contributed by atoms with van der Waals surface area (Å²) in [5.74, 6) is 0.0423. The van der Waals surface area contributed by atoms with Crippen molar-refractivity contribution < 1.29 is 9.21 Å². The topological polar surface area (TPSA) is 55.1 Å². The van der Waals surface area contributed by atoms with E-state index in [1.165, 1.54) is 6.39 Å². The van der Waals surface area contributed by atoms with Crippen LogP contribution in [0.25, 0.3) is 11.1 Å². The van der Waals surface area contributed by atoms with E-state index in [2.05, 4.69) is 10.3 Å². The minimum Gasteiger partial charge on any atom is -0.443 e. The molecule has 84 valence electrons. The van der Waals surface area contributed by atoms with Crippen LogP contribution in [0.4, 0.5) is 0 Å². The van der Waals surface area contributed by atoms with Gasteiger partial charge >= 0.3 is 0 Å². The number of aromatic nitrogens is 1. The van der Waals surface area contributed by atoms with Crippen LogP contribution in [0.15, 0.2) is 29.0 Å². The van der Waals surface area contributed by atoms with Crippen molar-refractivity contribution in [3.05, 3.63) is 30.2 Å². The zero-order chi connectivity index (χ0) is 11.4. The molecular weight excluding hydrogens is 204 g/mol. The maximum Gasteiger partial charge on any atom is 0.224 e. The third-order valence-electron chi connectivity index (χ3n) is 2.33. The van der Waals surface area contributed by atoms with Crippen LogP contribution in [0.5, 0.6) is 0 Å². The highest BCUT2D eigenvalue weighted by molar-refractivity contribution is 5.80. The van der Waals surface area contributed by atoms with Gasteiger partial charge in [-0.25, -0.2) is 4.98 Å². The number of oxazole rings is 1. The Labute approximate surface area is 93.7 Å². The van der Waals surface area contributed by atoms with E-state index in [4.69, 9.17) is 4.42 Å². The fraction of sp³-hybridized carbons (Fsp3) is 0.333. The number of hydrogen-bond donors (Lipinski definition) is 1. The highest BCUT2D eigenvalue weighted by atomic mass is 16.3. The summed E-state index contributed by atoms with van der Waals surface area (Å²) in [6.45, 7) is 2.75. The van der Waals surface area contributed by atoms with E-state index in [0.717, 1.165) is 29.6 Å². The first-order valence-electron chi connectivity index (χ1n) is 5.38. The Morgan fingerprint density at radius 1 is 1.50 bits per heavy atom. The molecule has 0 saturated carbocycles. The van der Waals surface area contributed by atoms with Gasteiger partial charge in [0.05, 0.1) is 6.42 Å². The normalized spacial score (nSPS) is 10.6. The second kappa shape index (κ2) is 4.79. The number of carbonyl (C=O) groups is 1. The smallest absolute Gasteiger partial charge is 0.224 e. The van der Waals surface area contributed by atoms with Gasteiger partial charge in [0.25, 0.3) is 0 Å². The number of fused-ring (bicyclic) bond motifs is 1. The summed E-state index contributed by atoms with van der Waals surface area (Å²) in [5, 5.41) is 2.84. The first-order valence-corrected chi connectivity index (χ1v) is 5.38. The van der Waals surface area contributed by atoms with E-state index in [-0.39, 0.29) is 5.91 Å². The summed E-state index contributed by atoms with van der Waals surface area (Å²) < 4.78 is 5.18. The molecule has 1 N–H and O–H groups in total. The van der Waals surface area contributed by atoms with E-state index < -0.39 is 0 Å². The molecule has 0 aliphatic heterocycles. The largest absolute Gasteiger partial charge is 0.443 e. The zero-order valence-corrected chi connectivity index (χ0v) is 9.19. The molecule has 4 heteroatoms. The number of nitrogens with one attached hydrogen (secondary N) is 1. The summed E-state index contributed by atoms with van der Waals surface area (Å²) in [5.41, 5.74) is 2.48. The Morgan fingerprint density at radius 3 is 3.19 bits per heavy atom. The molecular formula is C12H14N2O2. The monoisotopic (exact) mass is 218 g/mol. The predicted octanol–water partition coefficient (Wildman–Crippen LogP) is 1.90. The lowest BCUT2D eigenvalue weighted by molar-refractivity contribution is -0.120. The van der Waals surface area contributed by atoms with Crippen molar-refractivity contribution >= 4 is 17.0 Å². The van der Waals surface area contributed by atoms with Gasteiger partial charge in [-0.1, -0.05) is 13.0 Å². The summed E-state index contributed by atoms with van der Waals surface area (Å²) in [7, 11) is 0. The second-order valence-corrected chi connectivity index (χ2v) is 3.68. The maximum absolute atomic E-state index is 11.5. The van der Waals surface area contributed by atoms with Crippen LogP contribution < -0.4 is 5.32 Å². The second-order valence-electron chi connectivity index (χ2n) is 3.68. The Bertz CT molecular complexity index is 490. The van der Waals surface area contributed by atoms with Crippen molar-refractivity contribution in [1.29, 1.82) is 0 Å². The van der Waals surface area contributed by atoms with Gasteiger partial charge in [-0.05, 0) is 24.1 Å². The minimum atomic E-state index is 0.0423. The third kappa shape index (κ3) is 2.39. The molecule has 0 fully saturated rings. The first kappa shape index (κ1) is 10.7. The van der Waals surface area contributed by atoms with Gasteiger partial charge in [-0.3, -0.25) is 4.79 Å². The van der Waals surface area contributed by atoms with Crippen molar-refractivity contribution in [2.24, 2.45) is 0 Å². The van der Waals surface area contributed by atoms with Gasteiger partial charge in [0.1, 0.15) is 5.52 Å². The quantitative estimate of drug-likeness (QED) is 0.852. The van der Waals surface area contributed by atoms with Crippen molar-refractivity contribution in [2.45, 2.75) is 19.8 Å². The van der Waals surface area contributed by atoms with Crippen LogP contribution in [0, 0.1) is 0 Å². The molecule has 0 aliphatic carbocycles. The zero-order valence-electron chi connectivity index (χ0n) is 9.19. The standard InChI is InChI=1S/C12H14N2O2/c1-2-5-13-12(15)7-9-3-4-10-11(6-9)16-8-14-10/h3-4,6,8H,2,5,7H2,1H3,(H,13,15). The van der Waals surface area contributed by atoms with Crippen LogP contribution in [0.3, 0.4) is 0 Å². The average Bonchev–Trinajstić information content (AvgIpc) is 2.73. The van der Waals surface area contributed by atoms with Crippen molar-refractivity contribution in [1.82, 2.24) is 10.3 Å². The SMILES string of the molecule is CCCNC(=O)Cc1ccc2ncoc2c1. The number of rotatable bonds is 4. The number of benzene rings is 1. The molecule has 4 nitrogen and oxygen atoms in total. The molecule has 0 bridgehead atoms. The summed E-state index contributed by atoms with van der Waals surface area (Å²) in [6, 6.07) is 5.62. The first-order chi connectivity index (χ1) is 7.79. The Balaban J connectivity index is 2.06. The maximum atomic E-state index is 11.5. The van der Waals surface area contributed by atoms with Gasteiger partial charge in [-0.15, -0.1) is 0 Å². The summed E-state index contributed by atoms with van der Waals surface area (Å²) in [4.78, 5) is 15.5. The fourth-order valence-electron chi connectivity index (χ4n) is 1.52. The molecule has 0 atom stereocenters. The molecule has 1 amide bonds. The van der Waals surface area contributed by atoms with Crippen molar-refractivity contribution in [3.63, 3.8) is 0 Å². The van der Waals surface area contributed by atoms with Gasteiger partial charge in [0.2, 0.25) is 5.91 Å². The summed E-state index contributed by atoms with van der Waals surface area (Å²) in [6.07, 6.45) is 2.75. The Kier molecular flexibility index (Phi) is 3.19. The molecule has 0 radical (unpaired) electrons. The van der Waals surface area contributed by atoms with Gasteiger partial charge in [-0.2, -0.15) is 0 Å². The molecule has 0 aliphatic rings. The van der Waals surface area contributed by atoms with Crippen LogP contribution in [-0.2, 0) is 11.2 Å². The lowest BCUT2D eigenvalue weighted by Gasteiger charge is -2.03. The number of hydrogen-bond acceptors (Lipinski definition) is 3. The van der Waals surface area contributed by atoms with Crippen molar-refractivity contribution in [2.75, 3.05) is 6.54 Å². The van der Waals surface area contributed by atoms with Crippen LogP contribution in [0.2, 0.25) is 0 Å². The lowest BCUT2D eigenvalue weighted by Crippen LogP contribution is -2.25. The molecule has 2 aromatic rings. The predicted molar refractivity (Wildman–Crippen MR) is 61.0 cm³/mol. The molecule has 0 unspecified atom stereocenters. The minimum absolute atomic E-state index is 0.0423. The van der Waals surface area contributed by atoms with Crippen LogP contribution in [0.1, 0.15) is 18.9 Å². The lowest BCUT2D eigenvalue weighted by atomic mass is 10.1. The van der Waals surface area contributed by atoms with E-state index in [1.54, 1.807) is 0 Å². The van der Waals surface area contributed by atoms with Gasteiger partial charge in [0, 0.05) is 6.54 Å². The Morgan fingerprint density at radius 2 is 2.38 bits per heavy atom. The third-order valence-corrected chi connectivity index (χ3v) is 2.33. The Hall–Kier alpha value is -1.84. The van der Waals surface area contributed by atoms with E-state index in [0.29, 0.717) is 6.42 Å². The van der Waals surface area contributed by atoms with Gasteiger partial charge < -0.3 is 9.73 Å². The molecule has 0 spiro atoms. The summed E-state index contributed by atoms with van der Waals surface area (Å²) >= 11 is 0. The molecule has 1 aromatic heterocycles. The highest BCUT2D eigenvalue weighted by Crippen LogP contribution is 2.14. The molecule has 0 saturated heterocycles. The van der Waals surface area contributed by atoms with Gasteiger partial charge in [0.15, 0.2) is 12.0 Å². The number of carbonyl (C=O) groups excluding carboxylic acids is 1. The van der Waals surface area contributed by atoms with Crippen LogP contribution in [-0.4, -0.2) is 17.4 Å². The van der Waals surface area contributed by atoms with E-state index in [1.807, 2.05) is 25.1 Å². The van der Waals surface area contributed by atoms with E-state index in [9.17, 15) is 4.79 Å². The van der Waals surface area contributed by atoms with Crippen LogP contribution >= 0.6 is 0 Å². The molecule has 16 heavy (non-hydrogen) atoms. The fourth-order valence-corrected chi connectivity index (χ4v) is 1.52. The molecule has 1 aromatic carbocycles. The molecule has 1 heterocycles.